The zero-order valence-corrected chi connectivity index (χ0v) is 10.6. The van der Waals surface area contributed by atoms with Gasteiger partial charge in [-0.05, 0) is 49.2 Å². The molecule has 1 aromatic heterocycles. The first-order chi connectivity index (χ1) is 9.04. The summed E-state index contributed by atoms with van der Waals surface area (Å²) in [4.78, 5) is 7.59. The van der Waals surface area contributed by atoms with Crippen molar-refractivity contribution in [1.82, 2.24) is 9.97 Å². The maximum Gasteiger partial charge on any atom is 0.159 e. The molecule has 3 aromatic rings. The fourth-order valence-electron chi connectivity index (χ4n) is 2.25. The molecule has 0 radical (unpaired) electrons. The van der Waals surface area contributed by atoms with Gasteiger partial charge in [0.1, 0.15) is 5.82 Å². The molecule has 0 aliphatic rings. The number of hydrogen-bond acceptors (Lipinski definition) is 1. The van der Waals surface area contributed by atoms with Gasteiger partial charge in [0, 0.05) is 5.56 Å². The van der Waals surface area contributed by atoms with Crippen LogP contribution in [0.1, 0.15) is 11.1 Å². The summed E-state index contributed by atoms with van der Waals surface area (Å²) in [6, 6.07) is 7.79. The van der Waals surface area contributed by atoms with Gasteiger partial charge in [0.2, 0.25) is 0 Å². The maximum absolute atomic E-state index is 13.2. The Hall–Kier alpha value is -2.23. The molecule has 4 heteroatoms. The summed E-state index contributed by atoms with van der Waals surface area (Å²) in [5, 5.41) is 0. The summed E-state index contributed by atoms with van der Waals surface area (Å²) in [5.41, 5.74) is 4.47. The Morgan fingerprint density at radius 2 is 1.79 bits per heavy atom. The molecule has 0 saturated heterocycles. The van der Waals surface area contributed by atoms with Crippen molar-refractivity contribution in [2.24, 2.45) is 0 Å². The lowest BCUT2D eigenvalue weighted by Gasteiger charge is -1.97. The predicted octanol–water partition coefficient (Wildman–Crippen LogP) is 4.12. The minimum Gasteiger partial charge on any atom is -0.338 e. The lowest BCUT2D eigenvalue weighted by Crippen LogP contribution is -1.86. The number of rotatable bonds is 1. The Bertz CT molecular complexity index is 775. The van der Waals surface area contributed by atoms with Crippen molar-refractivity contribution in [1.29, 1.82) is 0 Å². The zero-order valence-electron chi connectivity index (χ0n) is 10.6. The van der Waals surface area contributed by atoms with Gasteiger partial charge >= 0.3 is 0 Å². The Kier molecular flexibility index (Phi) is 2.59. The van der Waals surface area contributed by atoms with Crippen LogP contribution in [0.5, 0.6) is 0 Å². The fraction of sp³-hybridized carbons (Fsp3) is 0.133. The molecule has 0 bridgehead atoms. The number of aryl methyl sites for hydroxylation is 2. The van der Waals surface area contributed by atoms with Crippen LogP contribution in [0, 0.1) is 25.5 Å². The number of halogens is 2. The van der Waals surface area contributed by atoms with Crippen molar-refractivity contribution in [3.05, 3.63) is 53.1 Å². The predicted molar refractivity (Wildman–Crippen MR) is 70.9 cm³/mol. The van der Waals surface area contributed by atoms with E-state index in [4.69, 9.17) is 0 Å². The standard InChI is InChI=1S/C15H12F2N2/c1-8-5-9(2)14-13(6-8)18-15(19-14)10-3-4-11(16)12(17)7-10/h3-7H,1-2H3,(H,18,19). The highest BCUT2D eigenvalue weighted by atomic mass is 19.2. The second kappa shape index (κ2) is 4.16. The smallest absolute Gasteiger partial charge is 0.159 e. The summed E-state index contributed by atoms with van der Waals surface area (Å²) in [5.74, 6) is -1.18. The van der Waals surface area contributed by atoms with Crippen molar-refractivity contribution >= 4 is 11.0 Å². The van der Waals surface area contributed by atoms with Gasteiger partial charge in [0.25, 0.3) is 0 Å². The third kappa shape index (κ3) is 1.99. The first kappa shape index (κ1) is 11.8. The van der Waals surface area contributed by atoms with Crippen LogP contribution >= 0.6 is 0 Å². The maximum atomic E-state index is 13.2. The van der Waals surface area contributed by atoms with E-state index in [1.807, 2.05) is 26.0 Å². The SMILES string of the molecule is Cc1cc(C)c2nc(-c3ccc(F)c(F)c3)[nH]c2c1. The molecule has 3 rings (SSSR count). The summed E-state index contributed by atoms with van der Waals surface area (Å²) in [6.07, 6.45) is 0. The molecular weight excluding hydrogens is 246 g/mol. The van der Waals surface area contributed by atoms with Crippen LogP contribution in [0.25, 0.3) is 22.4 Å². The molecule has 96 valence electrons. The van der Waals surface area contributed by atoms with Crippen molar-refractivity contribution in [2.75, 3.05) is 0 Å². The number of aromatic nitrogens is 2. The van der Waals surface area contributed by atoms with E-state index < -0.39 is 11.6 Å². The molecule has 0 saturated carbocycles. The van der Waals surface area contributed by atoms with Gasteiger partial charge in [-0.15, -0.1) is 0 Å². The fourth-order valence-corrected chi connectivity index (χ4v) is 2.25. The number of fused-ring (bicyclic) bond motifs is 1. The third-order valence-corrected chi connectivity index (χ3v) is 3.11. The van der Waals surface area contributed by atoms with Crippen molar-refractivity contribution < 1.29 is 8.78 Å². The molecule has 0 fully saturated rings. The highest BCUT2D eigenvalue weighted by Crippen LogP contribution is 2.24. The highest BCUT2D eigenvalue weighted by molar-refractivity contribution is 5.83. The molecule has 0 amide bonds. The summed E-state index contributed by atoms with van der Waals surface area (Å²) in [6.45, 7) is 3.98. The van der Waals surface area contributed by atoms with Crippen LogP contribution in [-0.2, 0) is 0 Å². The molecule has 0 spiro atoms. The summed E-state index contributed by atoms with van der Waals surface area (Å²) >= 11 is 0. The van der Waals surface area contributed by atoms with Crippen LogP contribution in [0.3, 0.4) is 0 Å². The highest BCUT2D eigenvalue weighted by Gasteiger charge is 2.10. The van der Waals surface area contributed by atoms with Crippen LogP contribution in [0.15, 0.2) is 30.3 Å². The van der Waals surface area contributed by atoms with Gasteiger partial charge in [-0.25, -0.2) is 13.8 Å². The lowest BCUT2D eigenvalue weighted by atomic mass is 10.1. The number of aromatic amines is 1. The monoisotopic (exact) mass is 258 g/mol. The number of benzene rings is 2. The second-order valence-electron chi connectivity index (χ2n) is 4.69. The second-order valence-corrected chi connectivity index (χ2v) is 4.69. The van der Waals surface area contributed by atoms with Crippen LogP contribution < -0.4 is 0 Å². The van der Waals surface area contributed by atoms with Crippen LogP contribution in [0.2, 0.25) is 0 Å². The Balaban J connectivity index is 2.20. The topological polar surface area (TPSA) is 28.7 Å². The van der Waals surface area contributed by atoms with E-state index in [-0.39, 0.29) is 0 Å². The average Bonchev–Trinajstić information content (AvgIpc) is 2.76. The molecule has 2 aromatic carbocycles. The van der Waals surface area contributed by atoms with Crippen LogP contribution in [-0.4, -0.2) is 9.97 Å². The minimum atomic E-state index is -0.870. The number of imidazole rings is 1. The molecule has 0 unspecified atom stereocenters. The molecule has 19 heavy (non-hydrogen) atoms. The van der Waals surface area contributed by atoms with Gasteiger partial charge < -0.3 is 4.98 Å². The van der Waals surface area contributed by atoms with Crippen molar-refractivity contribution in [3.8, 4) is 11.4 Å². The zero-order chi connectivity index (χ0) is 13.6. The van der Waals surface area contributed by atoms with E-state index in [0.29, 0.717) is 11.4 Å². The minimum absolute atomic E-state index is 0.534. The van der Waals surface area contributed by atoms with Gasteiger partial charge in [-0.3, -0.25) is 0 Å². The Labute approximate surface area is 109 Å². The van der Waals surface area contributed by atoms with E-state index in [1.54, 1.807) is 0 Å². The van der Waals surface area contributed by atoms with Crippen molar-refractivity contribution in [3.63, 3.8) is 0 Å². The van der Waals surface area contributed by atoms with E-state index in [0.717, 1.165) is 34.3 Å². The first-order valence-electron chi connectivity index (χ1n) is 5.97. The molecule has 0 aliphatic carbocycles. The van der Waals surface area contributed by atoms with E-state index in [9.17, 15) is 8.78 Å². The first-order valence-corrected chi connectivity index (χ1v) is 5.97. The van der Waals surface area contributed by atoms with Gasteiger partial charge in [0.05, 0.1) is 11.0 Å². The van der Waals surface area contributed by atoms with Gasteiger partial charge in [-0.1, -0.05) is 6.07 Å². The number of hydrogen-bond donors (Lipinski definition) is 1. The quantitative estimate of drug-likeness (QED) is 0.698. The van der Waals surface area contributed by atoms with Crippen molar-refractivity contribution in [2.45, 2.75) is 13.8 Å². The van der Waals surface area contributed by atoms with Gasteiger partial charge in [0.15, 0.2) is 11.6 Å². The average molecular weight is 258 g/mol. The Morgan fingerprint density at radius 1 is 1.00 bits per heavy atom. The van der Waals surface area contributed by atoms with E-state index >= 15 is 0 Å². The molecule has 1 heterocycles. The van der Waals surface area contributed by atoms with Gasteiger partial charge in [-0.2, -0.15) is 0 Å². The molecule has 2 nitrogen and oxygen atoms in total. The van der Waals surface area contributed by atoms with E-state index in [2.05, 4.69) is 9.97 Å². The molecular formula is C15H12F2N2. The summed E-state index contributed by atoms with van der Waals surface area (Å²) in [7, 11) is 0. The Morgan fingerprint density at radius 3 is 2.53 bits per heavy atom. The number of nitrogens with one attached hydrogen (secondary N) is 1. The van der Waals surface area contributed by atoms with Crippen LogP contribution in [0.4, 0.5) is 8.78 Å². The largest absolute Gasteiger partial charge is 0.338 e. The molecule has 1 N–H and O–H groups in total. The lowest BCUT2D eigenvalue weighted by molar-refractivity contribution is 0.509. The van der Waals surface area contributed by atoms with E-state index in [1.165, 1.54) is 6.07 Å². The summed E-state index contributed by atoms with van der Waals surface area (Å²) < 4.78 is 26.2. The molecule has 0 aliphatic heterocycles. The number of nitrogens with zero attached hydrogens (tertiary/aromatic N) is 1. The molecule has 0 atom stereocenters. The number of H-pyrrole nitrogens is 1. The normalized spacial score (nSPS) is 11.2. The third-order valence-electron chi connectivity index (χ3n) is 3.11.